The van der Waals surface area contributed by atoms with Crippen LogP contribution in [0.1, 0.15) is 68.9 Å². The molecule has 0 aromatic carbocycles. The van der Waals surface area contributed by atoms with E-state index in [9.17, 15) is 0 Å². The van der Waals surface area contributed by atoms with Gasteiger partial charge >= 0.3 is 0 Å². The van der Waals surface area contributed by atoms with Crippen molar-refractivity contribution in [1.82, 2.24) is 4.98 Å². The van der Waals surface area contributed by atoms with Crippen molar-refractivity contribution in [2.45, 2.75) is 64.2 Å². The molecule has 0 N–H and O–H groups in total. The molecule has 0 bridgehead atoms. The van der Waals surface area contributed by atoms with Gasteiger partial charge in [0.25, 0.3) is 0 Å². The number of rotatable bonds is 1. The minimum atomic E-state index is 0.629. The lowest BCUT2D eigenvalue weighted by atomic mass is 9.95. The summed E-state index contributed by atoms with van der Waals surface area (Å²) < 4.78 is 5.65. The normalized spacial score (nSPS) is 20.6. The van der Waals surface area contributed by atoms with E-state index < -0.39 is 0 Å². The zero-order chi connectivity index (χ0) is 10.5. The molecule has 15 heavy (non-hydrogen) atoms. The molecule has 0 amide bonds. The Kier molecular flexibility index (Phi) is 3.81. The molecule has 2 nitrogen and oxygen atoms in total. The van der Waals surface area contributed by atoms with Crippen LogP contribution in [-0.2, 0) is 0 Å². The summed E-state index contributed by atoms with van der Waals surface area (Å²) >= 11 is 0. The molecule has 0 saturated heterocycles. The highest BCUT2D eigenvalue weighted by Gasteiger charge is 2.16. The summed E-state index contributed by atoms with van der Waals surface area (Å²) in [5.41, 5.74) is 0. The Balaban J connectivity index is 1.98. The van der Waals surface area contributed by atoms with Gasteiger partial charge in [0.05, 0.1) is 6.20 Å². The number of aromatic nitrogens is 1. The first-order valence-corrected chi connectivity index (χ1v) is 6.28. The second-order valence-corrected chi connectivity index (χ2v) is 4.68. The highest BCUT2D eigenvalue weighted by atomic mass is 16.4. The van der Waals surface area contributed by atoms with Gasteiger partial charge in [-0.3, -0.25) is 0 Å². The fourth-order valence-corrected chi connectivity index (χ4v) is 2.48. The van der Waals surface area contributed by atoms with Gasteiger partial charge < -0.3 is 4.42 Å². The lowest BCUT2D eigenvalue weighted by Crippen LogP contribution is -1.97. The van der Waals surface area contributed by atoms with E-state index in [1.165, 1.54) is 51.4 Å². The molecule has 1 saturated carbocycles. The summed E-state index contributed by atoms with van der Waals surface area (Å²) in [6, 6.07) is 0. The van der Waals surface area contributed by atoms with Crippen LogP contribution < -0.4 is 0 Å². The van der Waals surface area contributed by atoms with E-state index in [1.807, 2.05) is 13.1 Å². The van der Waals surface area contributed by atoms with Gasteiger partial charge in [0, 0.05) is 12.8 Å². The predicted molar refractivity (Wildman–Crippen MR) is 60.9 cm³/mol. The van der Waals surface area contributed by atoms with Gasteiger partial charge in [0.15, 0.2) is 5.89 Å². The van der Waals surface area contributed by atoms with E-state index in [4.69, 9.17) is 4.42 Å². The molecule has 1 fully saturated rings. The Morgan fingerprint density at radius 1 is 1.07 bits per heavy atom. The summed E-state index contributed by atoms with van der Waals surface area (Å²) in [6.45, 7) is 1.93. The molecule has 1 aliphatic rings. The Labute approximate surface area is 92.1 Å². The van der Waals surface area contributed by atoms with Crippen LogP contribution in [0.5, 0.6) is 0 Å². The van der Waals surface area contributed by atoms with Gasteiger partial charge in [-0.25, -0.2) is 4.98 Å². The van der Waals surface area contributed by atoms with Crippen LogP contribution in [0.25, 0.3) is 0 Å². The van der Waals surface area contributed by atoms with Gasteiger partial charge in [-0.2, -0.15) is 0 Å². The lowest BCUT2D eigenvalue weighted by Gasteiger charge is -2.11. The first-order chi connectivity index (χ1) is 7.36. The number of hydrogen-bond acceptors (Lipinski definition) is 2. The van der Waals surface area contributed by atoms with Crippen molar-refractivity contribution in [3.8, 4) is 0 Å². The molecule has 1 aromatic rings. The predicted octanol–water partition coefficient (Wildman–Crippen LogP) is 4.20. The summed E-state index contributed by atoms with van der Waals surface area (Å²) in [5, 5.41) is 0. The Bertz CT molecular complexity index is 282. The zero-order valence-electron chi connectivity index (χ0n) is 9.67. The quantitative estimate of drug-likeness (QED) is 0.689. The van der Waals surface area contributed by atoms with Crippen LogP contribution in [0.4, 0.5) is 0 Å². The molecule has 2 heteroatoms. The van der Waals surface area contributed by atoms with Crippen molar-refractivity contribution in [2.24, 2.45) is 0 Å². The largest absolute Gasteiger partial charge is 0.446 e. The van der Waals surface area contributed by atoms with Crippen LogP contribution in [-0.4, -0.2) is 4.98 Å². The first kappa shape index (κ1) is 10.7. The molecule has 1 aromatic heterocycles. The van der Waals surface area contributed by atoms with Gasteiger partial charge in [0.2, 0.25) is 0 Å². The number of aryl methyl sites for hydroxylation is 1. The van der Waals surface area contributed by atoms with Crippen LogP contribution in [0, 0.1) is 6.92 Å². The molecule has 2 rings (SSSR count). The Morgan fingerprint density at radius 3 is 2.20 bits per heavy atom. The molecule has 84 valence electrons. The fraction of sp³-hybridized carbons (Fsp3) is 0.769. The van der Waals surface area contributed by atoms with Gasteiger partial charge in [0.1, 0.15) is 5.76 Å². The Morgan fingerprint density at radius 2 is 1.67 bits per heavy atom. The SMILES string of the molecule is Cc1ncc(C2CCCCCCCC2)o1. The highest BCUT2D eigenvalue weighted by molar-refractivity contribution is 5.01. The van der Waals surface area contributed by atoms with Gasteiger partial charge in [-0.15, -0.1) is 0 Å². The van der Waals surface area contributed by atoms with Crippen LogP contribution >= 0.6 is 0 Å². The highest BCUT2D eigenvalue weighted by Crippen LogP contribution is 2.30. The second-order valence-electron chi connectivity index (χ2n) is 4.68. The monoisotopic (exact) mass is 207 g/mol. The molecular weight excluding hydrogens is 186 g/mol. The van der Waals surface area contributed by atoms with Crippen LogP contribution in [0.15, 0.2) is 10.6 Å². The number of oxazole rings is 1. The van der Waals surface area contributed by atoms with Crippen molar-refractivity contribution in [1.29, 1.82) is 0 Å². The van der Waals surface area contributed by atoms with Crippen molar-refractivity contribution in [3.63, 3.8) is 0 Å². The molecule has 1 heterocycles. The third-order valence-electron chi connectivity index (χ3n) is 3.40. The van der Waals surface area contributed by atoms with Crippen molar-refractivity contribution in [2.75, 3.05) is 0 Å². The standard InChI is InChI=1S/C13H21NO/c1-11-14-10-13(15-11)12-8-6-4-2-3-5-7-9-12/h10,12H,2-9H2,1H3. The zero-order valence-corrected chi connectivity index (χ0v) is 9.67. The maximum atomic E-state index is 5.65. The van der Waals surface area contributed by atoms with Crippen molar-refractivity contribution in [3.05, 3.63) is 17.8 Å². The maximum Gasteiger partial charge on any atom is 0.191 e. The van der Waals surface area contributed by atoms with Gasteiger partial charge in [-0.1, -0.05) is 38.5 Å². The molecule has 0 aliphatic heterocycles. The second kappa shape index (κ2) is 5.34. The van der Waals surface area contributed by atoms with Crippen molar-refractivity contribution >= 4 is 0 Å². The van der Waals surface area contributed by atoms with E-state index in [2.05, 4.69) is 4.98 Å². The lowest BCUT2D eigenvalue weighted by molar-refractivity contribution is 0.403. The third kappa shape index (κ3) is 3.08. The van der Waals surface area contributed by atoms with E-state index in [0.717, 1.165) is 11.7 Å². The van der Waals surface area contributed by atoms with E-state index >= 15 is 0 Å². The third-order valence-corrected chi connectivity index (χ3v) is 3.40. The summed E-state index contributed by atoms with van der Waals surface area (Å²) in [5.74, 6) is 2.56. The molecule has 1 aliphatic carbocycles. The average Bonchev–Trinajstić information content (AvgIpc) is 2.69. The minimum absolute atomic E-state index is 0.629. The number of nitrogens with zero attached hydrogens (tertiary/aromatic N) is 1. The Hall–Kier alpha value is -0.790. The smallest absolute Gasteiger partial charge is 0.191 e. The van der Waals surface area contributed by atoms with Crippen LogP contribution in [0.3, 0.4) is 0 Å². The molecule has 0 spiro atoms. The summed E-state index contributed by atoms with van der Waals surface area (Å²) in [4.78, 5) is 4.20. The minimum Gasteiger partial charge on any atom is -0.446 e. The topological polar surface area (TPSA) is 26.0 Å². The molecule has 0 unspecified atom stereocenters. The fourth-order valence-electron chi connectivity index (χ4n) is 2.48. The molecule has 0 radical (unpaired) electrons. The van der Waals surface area contributed by atoms with Gasteiger partial charge in [-0.05, 0) is 12.8 Å². The molecular formula is C13H21NO. The molecule has 0 atom stereocenters. The number of hydrogen-bond donors (Lipinski definition) is 0. The van der Waals surface area contributed by atoms with Crippen molar-refractivity contribution < 1.29 is 4.42 Å². The van der Waals surface area contributed by atoms with E-state index in [1.54, 1.807) is 0 Å². The summed E-state index contributed by atoms with van der Waals surface area (Å²) in [6.07, 6.45) is 12.8. The van der Waals surface area contributed by atoms with E-state index in [-0.39, 0.29) is 0 Å². The maximum absolute atomic E-state index is 5.65. The average molecular weight is 207 g/mol. The first-order valence-electron chi connectivity index (χ1n) is 6.28. The van der Waals surface area contributed by atoms with Crippen LogP contribution in [0.2, 0.25) is 0 Å². The summed E-state index contributed by atoms with van der Waals surface area (Å²) in [7, 11) is 0. The van der Waals surface area contributed by atoms with E-state index in [0.29, 0.717) is 5.92 Å².